The second-order valence-electron chi connectivity index (χ2n) is 7.12. The molecule has 0 atom stereocenters. The second-order valence-corrected chi connectivity index (χ2v) is 7.12. The van der Waals surface area contributed by atoms with Crippen LogP contribution in [0.15, 0.2) is 0 Å². The summed E-state index contributed by atoms with van der Waals surface area (Å²) in [7, 11) is 1.78. The van der Waals surface area contributed by atoms with Crippen LogP contribution in [0.5, 0.6) is 0 Å². The van der Waals surface area contributed by atoms with E-state index in [0.29, 0.717) is 26.3 Å². The number of piperidine rings is 1. The predicted molar refractivity (Wildman–Crippen MR) is 116 cm³/mol. The van der Waals surface area contributed by atoms with Crippen LogP contribution in [0.4, 0.5) is 13.2 Å². The van der Waals surface area contributed by atoms with Gasteiger partial charge in [-0.25, -0.2) is 0 Å². The van der Waals surface area contributed by atoms with Crippen LogP contribution in [0.2, 0.25) is 0 Å². The largest absolute Gasteiger partial charge is 0.417 e. The van der Waals surface area contributed by atoms with Crippen molar-refractivity contribution in [3.8, 4) is 0 Å². The molecule has 2 fully saturated rings. The Morgan fingerprint density at radius 2 is 1.48 bits per heavy atom. The Bertz CT molecular complexity index is 491. The third kappa shape index (κ3) is 12.9. The number of likely N-dealkylation sites (tertiary alicyclic amines) is 1. The molecule has 2 heterocycles. The van der Waals surface area contributed by atoms with Gasteiger partial charge in [0.2, 0.25) is 11.8 Å². The number of carbonyl (C=O) groups excluding carboxylic acids is 2. The van der Waals surface area contributed by atoms with Crippen LogP contribution in [-0.2, 0) is 14.3 Å². The lowest BCUT2D eigenvalue weighted by atomic mass is 9.91. The maximum atomic E-state index is 12.3. The van der Waals surface area contributed by atoms with Crippen molar-refractivity contribution >= 4 is 11.8 Å². The van der Waals surface area contributed by atoms with E-state index in [1.807, 2.05) is 32.6 Å². The summed E-state index contributed by atoms with van der Waals surface area (Å²) in [5.41, 5.74) is -2.45. The first-order valence-electron chi connectivity index (χ1n) is 10.9. The van der Waals surface area contributed by atoms with E-state index >= 15 is 0 Å². The Hall–Kier alpha value is -1.39. The summed E-state index contributed by atoms with van der Waals surface area (Å²) in [4.78, 5) is 26.3. The van der Waals surface area contributed by atoms with Gasteiger partial charge in [0.1, 0.15) is 0 Å². The molecule has 0 aliphatic carbocycles. The topological polar surface area (TPSA) is 73.3 Å². The molecule has 31 heavy (non-hydrogen) atoms. The van der Waals surface area contributed by atoms with Crippen LogP contribution in [-0.4, -0.2) is 103 Å². The first kappa shape index (κ1) is 31.8. The van der Waals surface area contributed by atoms with Crippen molar-refractivity contribution in [1.29, 1.82) is 0 Å². The number of nitrogens with zero attached hydrogens (tertiary/aromatic N) is 3. The van der Waals surface area contributed by atoms with Crippen molar-refractivity contribution < 1.29 is 32.6 Å². The fraction of sp³-hybridized carbons (Fsp3) is 0.905. The molecule has 0 aromatic heterocycles. The van der Waals surface area contributed by atoms with Crippen LogP contribution in [0, 0.1) is 0 Å². The molecule has 7 nitrogen and oxygen atoms in total. The van der Waals surface area contributed by atoms with E-state index in [1.54, 1.807) is 30.7 Å². The van der Waals surface area contributed by atoms with Gasteiger partial charge in [-0.15, -0.1) is 0 Å². The van der Waals surface area contributed by atoms with Gasteiger partial charge in [0.05, 0.1) is 13.2 Å². The van der Waals surface area contributed by atoms with Gasteiger partial charge in [0.15, 0.2) is 5.60 Å². The van der Waals surface area contributed by atoms with Gasteiger partial charge in [-0.05, 0) is 26.3 Å². The van der Waals surface area contributed by atoms with Crippen molar-refractivity contribution in [1.82, 2.24) is 14.7 Å². The zero-order valence-electron chi connectivity index (χ0n) is 20.2. The van der Waals surface area contributed by atoms with Crippen LogP contribution >= 0.6 is 0 Å². The highest BCUT2D eigenvalue weighted by molar-refractivity contribution is 5.73. The molecule has 0 bridgehead atoms. The van der Waals surface area contributed by atoms with Gasteiger partial charge in [0, 0.05) is 53.6 Å². The Balaban J connectivity index is 0. The standard InChI is InChI=1S/C8H14F3NO.C6H11NO2.C5H11NO.C2H6/c1-2-12-5-3-7(13,4-6-12)8(9,10)11;1-6(8)7-2-4-9-5-3-7;1-4-6(3)5(2)7;1-2/h13H,2-6H2,1H3;2-5H2,1H3;4H2,1-3H3;1-2H3. The molecule has 0 radical (unpaired) electrons. The average molecular weight is 458 g/mol. The van der Waals surface area contributed by atoms with Crippen molar-refractivity contribution in [2.75, 3.05) is 59.5 Å². The Kier molecular flexibility index (Phi) is 16.7. The average Bonchev–Trinajstić information content (AvgIpc) is 2.75. The maximum absolute atomic E-state index is 12.3. The molecule has 2 rings (SSSR count). The molecule has 10 heteroatoms. The van der Waals surface area contributed by atoms with Gasteiger partial charge < -0.3 is 24.5 Å². The molecule has 2 amide bonds. The Morgan fingerprint density at radius 1 is 1.03 bits per heavy atom. The van der Waals surface area contributed by atoms with E-state index in [2.05, 4.69) is 0 Å². The highest BCUT2D eigenvalue weighted by Crippen LogP contribution is 2.38. The monoisotopic (exact) mass is 457 g/mol. The SMILES string of the molecule is CC.CC(=O)N1CCOCC1.CCN(C)C(C)=O.CCN1CCC(O)(C(F)(F)F)CC1. The van der Waals surface area contributed by atoms with E-state index in [-0.39, 0.29) is 24.7 Å². The van der Waals surface area contributed by atoms with E-state index < -0.39 is 11.8 Å². The van der Waals surface area contributed by atoms with E-state index in [0.717, 1.165) is 26.2 Å². The molecular formula is C21H42F3N3O4. The summed E-state index contributed by atoms with van der Waals surface area (Å²) < 4.78 is 41.9. The summed E-state index contributed by atoms with van der Waals surface area (Å²) in [6, 6.07) is 0. The minimum absolute atomic E-state index is 0.127. The lowest BCUT2D eigenvalue weighted by molar-refractivity contribution is -0.272. The molecule has 2 saturated heterocycles. The number of hydrogen-bond donors (Lipinski definition) is 1. The zero-order chi connectivity index (χ0) is 24.7. The summed E-state index contributed by atoms with van der Waals surface area (Å²) in [6.07, 6.45) is -4.89. The minimum atomic E-state index is -4.48. The van der Waals surface area contributed by atoms with Gasteiger partial charge >= 0.3 is 6.18 Å². The summed E-state index contributed by atoms with van der Waals surface area (Å²) in [5.74, 6) is 0.279. The number of carbonyl (C=O) groups is 2. The number of amides is 2. The fourth-order valence-corrected chi connectivity index (χ4v) is 2.62. The molecule has 0 unspecified atom stereocenters. The summed E-state index contributed by atoms with van der Waals surface area (Å²) in [5, 5.41) is 9.27. The van der Waals surface area contributed by atoms with Gasteiger partial charge in [-0.3, -0.25) is 9.59 Å². The highest BCUT2D eigenvalue weighted by atomic mass is 19.4. The van der Waals surface area contributed by atoms with Gasteiger partial charge in [-0.2, -0.15) is 13.2 Å². The molecule has 186 valence electrons. The Labute approximate surface area is 185 Å². The summed E-state index contributed by atoms with van der Waals surface area (Å²) in [6.45, 7) is 16.1. The summed E-state index contributed by atoms with van der Waals surface area (Å²) >= 11 is 0. The van der Waals surface area contributed by atoms with Crippen molar-refractivity contribution in [3.05, 3.63) is 0 Å². The molecule has 1 N–H and O–H groups in total. The van der Waals surface area contributed by atoms with E-state index in [9.17, 15) is 27.9 Å². The minimum Gasteiger partial charge on any atom is -0.380 e. The number of hydrogen-bond acceptors (Lipinski definition) is 5. The number of aliphatic hydroxyl groups is 1. The predicted octanol–water partition coefficient (Wildman–Crippen LogP) is 2.77. The lowest BCUT2D eigenvalue weighted by Gasteiger charge is -2.38. The molecule has 2 aliphatic heterocycles. The zero-order valence-corrected chi connectivity index (χ0v) is 20.2. The number of ether oxygens (including phenoxy) is 1. The van der Waals surface area contributed by atoms with Crippen LogP contribution in [0.1, 0.15) is 54.4 Å². The molecular weight excluding hydrogens is 415 g/mol. The smallest absolute Gasteiger partial charge is 0.380 e. The third-order valence-electron chi connectivity index (χ3n) is 5.13. The quantitative estimate of drug-likeness (QED) is 0.690. The third-order valence-corrected chi connectivity index (χ3v) is 5.13. The van der Waals surface area contributed by atoms with Crippen LogP contribution in [0.25, 0.3) is 0 Å². The Morgan fingerprint density at radius 3 is 1.71 bits per heavy atom. The van der Waals surface area contributed by atoms with E-state index in [1.165, 1.54) is 0 Å². The highest BCUT2D eigenvalue weighted by Gasteiger charge is 2.54. The van der Waals surface area contributed by atoms with E-state index in [4.69, 9.17) is 4.74 Å². The fourth-order valence-electron chi connectivity index (χ4n) is 2.62. The first-order chi connectivity index (χ1) is 14.4. The van der Waals surface area contributed by atoms with Crippen LogP contribution < -0.4 is 0 Å². The normalized spacial score (nSPS) is 18.2. The molecule has 0 saturated carbocycles. The van der Waals surface area contributed by atoms with Gasteiger partial charge in [0.25, 0.3) is 0 Å². The van der Waals surface area contributed by atoms with Gasteiger partial charge in [-0.1, -0.05) is 20.8 Å². The molecule has 2 aliphatic rings. The van der Waals surface area contributed by atoms with Crippen molar-refractivity contribution in [2.45, 2.75) is 66.2 Å². The second kappa shape index (κ2) is 16.3. The van der Waals surface area contributed by atoms with Crippen LogP contribution in [0.3, 0.4) is 0 Å². The molecule has 0 spiro atoms. The number of rotatable bonds is 2. The number of alkyl halides is 3. The maximum Gasteiger partial charge on any atom is 0.417 e. The number of morpholine rings is 1. The first-order valence-corrected chi connectivity index (χ1v) is 10.9. The lowest BCUT2D eigenvalue weighted by Crippen LogP contribution is -2.53. The molecule has 0 aromatic carbocycles. The molecule has 0 aromatic rings. The number of halogens is 3. The van der Waals surface area contributed by atoms with Crippen molar-refractivity contribution in [2.24, 2.45) is 0 Å². The van der Waals surface area contributed by atoms with Crippen molar-refractivity contribution in [3.63, 3.8) is 0 Å².